The first-order chi connectivity index (χ1) is 7.54. The summed E-state index contributed by atoms with van der Waals surface area (Å²) in [4.78, 5) is 0. The summed E-state index contributed by atoms with van der Waals surface area (Å²) >= 11 is 0. The van der Waals surface area contributed by atoms with Crippen LogP contribution in [0.2, 0.25) is 0 Å². The van der Waals surface area contributed by atoms with E-state index in [4.69, 9.17) is 0 Å². The molecule has 0 fully saturated rings. The zero-order valence-corrected chi connectivity index (χ0v) is 13.2. The average Bonchev–Trinajstić information content (AvgIpc) is 2.12. The first-order valence-corrected chi connectivity index (χ1v) is 7.27. The molecule has 17 heavy (non-hydrogen) atoms. The van der Waals surface area contributed by atoms with Crippen molar-refractivity contribution in [2.75, 3.05) is 0 Å². The van der Waals surface area contributed by atoms with Crippen molar-refractivity contribution in [1.82, 2.24) is 0 Å². The fourth-order valence-corrected chi connectivity index (χ4v) is 2.58. The summed E-state index contributed by atoms with van der Waals surface area (Å²) in [6, 6.07) is 0. The van der Waals surface area contributed by atoms with Crippen molar-refractivity contribution in [1.29, 1.82) is 0 Å². The lowest BCUT2D eigenvalue weighted by Crippen LogP contribution is -2.28. The molecule has 3 unspecified atom stereocenters. The smallest absolute Gasteiger partial charge is 0.0594 e. The molecular formula is C16H34O. The van der Waals surface area contributed by atoms with Gasteiger partial charge in [-0.25, -0.2) is 0 Å². The minimum Gasteiger partial charge on any atom is -0.390 e. The number of rotatable bonds is 7. The summed E-state index contributed by atoms with van der Waals surface area (Å²) in [7, 11) is 0. The first kappa shape index (κ1) is 17.0. The van der Waals surface area contributed by atoms with Gasteiger partial charge in [0, 0.05) is 0 Å². The third-order valence-corrected chi connectivity index (χ3v) is 4.33. The van der Waals surface area contributed by atoms with E-state index in [0.717, 1.165) is 24.2 Å². The number of hydrogen-bond acceptors (Lipinski definition) is 1. The van der Waals surface area contributed by atoms with Gasteiger partial charge in [0.05, 0.1) is 5.60 Å². The van der Waals surface area contributed by atoms with Gasteiger partial charge in [-0.15, -0.1) is 0 Å². The van der Waals surface area contributed by atoms with Crippen LogP contribution in [0, 0.1) is 29.6 Å². The SMILES string of the molecule is CC(C)C(CC(C)C(C)C(C)C)CC(C)(C)O. The number of hydrogen-bond donors (Lipinski definition) is 1. The lowest BCUT2D eigenvalue weighted by molar-refractivity contribution is 0.0359. The molecule has 0 aromatic carbocycles. The molecule has 1 heteroatoms. The van der Waals surface area contributed by atoms with Crippen LogP contribution in [0.4, 0.5) is 0 Å². The van der Waals surface area contributed by atoms with E-state index in [-0.39, 0.29) is 0 Å². The molecule has 0 aliphatic heterocycles. The van der Waals surface area contributed by atoms with Crippen molar-refractivity contribution >= 4 is 0 Å². The van der Waals surface area contributed by atoms with E-state index in [1.807, 2.05) is 13.8 Å². The standard InChI is InChI=1S/C16H34O/c1-11(2)14(6)13(5)9-15(12(3)4)10-16(7,8)17/h11-15,17H,9-10H2,1-8H3. The van der Waals surface area contributed by atoms with Gasteiger partial charge in [-0.2, -0.15) is 0 Å². The summed E-state index contributed by atoms with van der Waals surface area (Å²) < 4.78 is 0. The Bertz CT molecular complexity index is 200. The molecule has 0 spiro atoms. The van der Waals surface area contributed by atoms with E-state index >= 15 is 0 Å². The molecule has 1 nitrogen and oxygen atoms in total. The van der Waals surface area contributed by atoms with E-state index in [1.54, 1.807) is 0 Å². The van der Waals surface area contributed by atoms with E-state index in [1.165, 1.54) is 6.42 Å². The molecular weight excluding hydrogens is 208 g/mol. The van der Waals surface area contributed by atoms with Gasteiger partial charge in [0.25, 0.3) is 0 Å². The van der Waals surface area contributed by atoms with Crippen LogP contribution in [0.25, 0.3) is 0 Å². The van der Waals surface area contributed by atoms with Crippen LogP contribution in [-0.2, 0) is 0 Å². The summed E-state index contributed by atoms with van der Waals surface area (Å²) in [5.41, 5.74) is -0.532. The van der Waals surface area contributed by atoms with Crippen LogP contribution < -0.4 is 0 Å². The third-order valence-electron chi connectivity index (χ3n) is 4.33. The second-order valence-electron chi connectivity index (χ2n) is 7.34. The molecule has 0 radical (unpaired) electrons. The maximum atomic E-state index is 10.00. The quantitative estimate of drug-likeness (QED) is 0.684. The maximum Gasteiger partial charge on any atom is 0.0594 e. The van der Waals surface area contributed by atoms with E-state index in [2.05, 4.69) is 41.5 Å². The summed E-state index contributed by atoms with van der Waals surface area (Å²) in [6.45, 7) is 17.8. The molecule has 0 aliphatic carbocycles. The van der Waals surface area contributed by atoms with Crippen LogP contribution >= 0.6 is 0 Å². The Kier molecular flexibility index (Phi) is 6.76. The lowest BCUT2D eigenvalue weighted by Gasteiger charge is -2.33. The number of aliphatic hydroxyl groups is 1. The molecule has 0 amide bonds. The van der Waals surface area contributed by atoms with Gasteiger partial charge in [-0.05, 0) is 56.3 Å². The average molecular weight is 242 g/mol. The highest BCUT2D eigenvalue weighted by molar-refractivity contribution is 4.77. The Labute approximate surface area is 109 Å². The van der Waals surface area contributed by atoms with Gasteiger partial charge >= 0.3 is 0 Å². The van der Waals surface area contributed by atoms with Crippen molar-refractivity contribution in [3.63, 3.8) is 0 Å². The van der Waals surface area contributed by atoms with Gasteiger partial charge in [0.1, 0.15) is 0 Å². The topological polar surface area (TPSA) is 20.2 Å². The fourth-order valence-electron chi connectivity index (χ4n) is 2.58. The Balaban J connectivity index is 4.45. The van der Waals surface area contributed by atoms with Crippen molar-refractivity contribution in [2.24, 2.45) is 29.6 Å². The van der Waals surface area contributed by atoms with E-state index in [0.29, 0.717) is 11.8 Å². The monoisotopic (exact) mass is 242 g/mol. The second-order valence-corrected chi connectivity index (χ2v) is 7.34. The van der Waals surface area contributed by atoms with E-state index < -0.39 is 5.60 Å². The highest BCUT2D eigenvalue weighted by atomic mass is 16.3. The fraction of sp³-hybridized carbons (Fsp3) is 1.00. The minimum atomic E-state index is -0.532. The van der Waals surface area contributed by atoms with Crippen LogP contribution in [-0.4, -0.2) is 10.7 Å². The molecule has 3 atom stereocenters. The molecule has 0 heterocycles. The van der Waals surface area contributed by atoms with Gasteiger partial charge < -0.3 is 5.11 Å². The van der Waals surface area contributed by atoms with Gasteiger partial charge in [-0.3, -0.25) is 0 Å². The molecule has 104 valence electrons. The molecule has 1 N–H and O–H groups in total. The van der Waals surface area contributed by atoms with Gasteiger partial charge in [0.15, 0.2) is 0 Å². The molecule has 0 bridgehead atoms. The Hall–Kier alpha value is -0.0400. The van der Waals surface area contributed by atoms with Crippen molar-refractivity contribution in [3.05, 3.63) is 0 Å². The summed E-state index contributed by atoms with van der Waals surface area (Å²) in [5, 5.41) is 10.00. The highest BCUT2D eigenvalue weighted by Crippen LogP contribution is 2.33. The molecule has 0 aliphatic rings. The Morgan fingerprint density at radius 3 is 1.65 bits per heavy atom. The highest BCUT2D eigenvalue weighted by Gasteiger charge is 2.26. The van der Waals surface area contributed by atoms with E-state index in [9.17, 15) is 5.11 Å². The van der Waals surface area contributed by atoms with Crippen LogP contribution in [0.15, 0.2) is 0 Å². The zero-order chi connectivity index (χ0) is 13.8. The second kappa shape index (κ2) is 6.78. The first-order valence-electron chi connectivity index (χ1n) is 7.27. The lowest BCUT2D eigenvalue weighted by atomic mass is 9.75. The summed E-state index contributed by atoms with van der Waals surface area (Å²) in [5.74, 6) is 3.54. The molecule has 0 aromatic rings. The van der Waals surface area contributed by atoms with Crippen molar-refractivity contribution in [3.8, 4) is 0 Å². The molecule has 0 saturated carbocycles. The predicted octanol–water partition coefficient (Wildman–Crippen LogP) is 4.74. The molecule has 0 aromatic heterocycles. The van der Waals surface area contributed by atoms with Gasteiger partial charge in [0.2, 0.25) is 0 Å². The Morgan fingerprint density at radius 2 is 1.35 bits per heavy atom. The van der Waals surface area contributed by atoms with Gasteiger partial charge in [-0.1, -0.05) is 41.5 Å². The third kappa shape index (κ3) is 7.08. The predicted molar refractivity (Wildman–Crippen MR) is 77.0 cm³/mol. The molecule has 0 rings (SSSR count). The zero-order valence-electron chi connectivity index (χ0n) is 13.2. The van der Waals surface area contributed by atoms with Crippen LogP contribution in [0.3, 0.4) is 0 Å². The minimum absolute atomic E-state index is 0.532. The summed E-state index contributed by atoms with van der Waals surface area (Å²) in [6.07, 6.45) is 2.15. The largest absolute Gasteiger partial charge is 0.390 e. The maximum absolute atomic E-state index is 10.00. The normalized spacial score (nSPS) is 18.5. The molecule has 0 saturated heterocycles. The van der Waals surface area contributed by atoms with Crippen molar-refractivity contribution in [2.45, 2.75) is 73.8 Å². The van der Waals surface area contributed by atoms with Crippen molar-refractivity contribution < 1.29 is 5.11 Å². The van der Waals surface area contributed by atoms with Crippen LogP contribution in [0.1, 0.15) is 68.2 Å². The Morgan fingerprint density at radius 1 is 0.882 bits per heavy atom. The van der Waals surface area contributed by atoms with Crippen LogP contribution in [0.5, 0.6) is 0 Å².